The summed E-state index contributed by atoms with van der Waals surface area (Å²) in [7, 11) is 6.45. The molecule has 2 fully saturated rings. The largest absolute Gasteiger partial charge is 0.340 e. The van der Waals surface area contributed by atoms with E-state index in [-0.39, 0.29) is 0 Å². The summed E-state index contributed by atoms with van der Waals surface area (Å²) in [6, 6.07) is 9.23. The first-order valence-corrected chi connectivity index (χ1v) is 10.4. The van der Waals surface area contributed by atoms with Crippen molar-refractivity contribution < 1.29 is 4.79 Å². The molecule has 2 atom stereocenters. The van der Waals surface area contributed by atoms with E-state index in [4.69, 9.17) is 0 Å². The zero-order chi connectivity index (χ0) is 19.4. The molecule has 27 heavy (non-hydrogen) atoms. The number of likely N-dealkylation sites (N-methyl/N-ethyl adjacent to an activating group) is 2. The van der Waals surface area contributed by atoms with E-state index in [0.29, 0.717) is 24.3 Å². The molecule has 2 saturated heterocycles. The molecule has 2 heterocycles. The fraction of sp³-hybridized carbons (Fsp3) is 0.682. The second-order valence-corrected chi connectivity index (χ2v) is 8.60. The van der Waals surface area contributed by atoms with Crippen LogP contribution in [0.4, 0.5) is 0 Å². The van der Waals surface area contributed by atoms with Gasteiger partial charge in [0.1, 0.15) is 0 Å². The number of carbonyl (C=O) groups excluding carboxylic acids is 1. The van der Waals surface area contributed by atoms with Crippen molar-refractivity contribution in [2.24, 2.45) is 0 Å². The second kappa shape index (κ2) is 9.18. The van der Waals surface area contributed by atoms with Gasteiger partial charge in [-0.15, -0.1) is 0 Å². The van der Waals surface area contributed by atoms with Crippen LogP contribution in [-0.4, -0.2) is 98.5 Å². The van der Waals surface area contributed by atoms with Crippen LogP contribution in [0.15, 0.2) is 24.3 Å². The highest BCUT2D eigenvalue weighted by molar-refractivity contribution is 5.77. The molecule has 0 bridgehead atoms. The molecule has 2 aliphatic rings. The van der Waals surface area contributed by atoms with Crippen molar-refractivity contribution in [3.8, 4) is 0 Å². The van der Waals surface area contributed by atoms with Crippen LogP contribution < -0.4 is 0 Å². The minimum absolute atomic E-state index is 0.314. The molecule has 0 radical (unpaired) electrons. The Morgan fingerprint density at radius 3 is 2.52 bits per heavy atom. The number of carbonyl (C=O) groups is 1. The van der Waals surface area contributed by atoms with Gasteiger partial charge in [-0.2, -0.15) is 0 Å². The Kier molecular flexibility index (Phi) is 6.90. The van der Waals surface area contributed by atoms with E-state index >= 15 is 0 Å². The van der Waals surface area contributed by atoms with Gasteiger partial charge in [0.05, 0.1) is 0 Å². The molecule has 0 saturated carbocycles. The summed E-state index contributed by atoms with van der Waals surface area (Å²) in [5.41, 5.74) is 2.64. The summed E-state index contributed by atoms with van der Waals surface area (Å²) in [5, 5.41) is 0. The third-order valence-electron chi connectivity index (χ3n) is 6.26. The highest BCUT2D eigenvalue weighted by Crippen LogP contribution is 2.30. The molecule has 0 aromatic heterocycles. The van der Waals surface area contributed by atoms with E-state index in [1.165, 1.54) is 24.1 Å². The van der Waals surface area contributed by atoms with Crippen molar-refractivity contribution in [1.29, 1.82) is 0 Å². The number of hydrogen-bond donors (Lipinski definition) is 0. The van der Waals surface area contributed by atoms with E-state index in [9.17, 15) is 4.79 Å². The Morgan fingerprint density at radius 1 is 1.07 bits per heavy atom. The maximum absolute atomic E-state index is 12.9. The summed E-state index contributed by atoms with van der Waals surface area (Å²) in [5.74, 6) is 0.713. The summed E-state index contributed by atoms with van der Waals surface area (Å²) < 4.78 is 0. The van der Waals surface area contributed by atoms with Gasteiger partial charge in [-0.1, -0.05) is 29.8 Å². The Balaban J connectivity index is 1.58. The first-order chi connectivity index (χ1) is 12.9. The van der Waals surface area contributed by atoms with Gasteiger partial charge in [-0.25, -0.2) is 0 Å². The summed E-state index contributed by atoms with van der Waals surface area (Å²) in [6.45, 7) is 9.17. The van der Waals surface area contributed by atoms with Crippen LogP contribution in [0.1, 0.15) is 29.9 Å². The average molecular weight is 373 g/mol. The Hall–Kier alpha value is -1.43. The number of nitrogens with zero attached hydrogens (tertiary/aromatic N) is 4. The fourth-order valence-electron chi connectivity index (χ4n) is 4.39. The molecule has 2 aliphatic heterocycles. The third-order valence-corrected chi connectivity index (χ3v) is 6.26. The number of aryl methyl sites for hydroxylation is 1. The van der Waals surface area contributed by atoms with Crippen molar-refractivity contribution in [3.63, 3.8) is 0 Å². The van der Waals surface area contributed by atoms with Crippen LogP contribution in [0.3, 0.4) is 0 Å². The smallest absolute Gasteiger partial charge is 0.223 e. The minimum Gasteiger partial charge on any atom is -0.340 e. The lowest BCUT2D eigenvalue weighted by Crippen LogP contribution is -2.37. The molecule has 5 nitrogen and oxygen atoms in total. The summed E-state index contributed by atoms with van der Waals surface area (Å²) >= 11 is 0. The number of likely N-dealkylation sites (tertiary alicyclic amines) is 1. The van der Waals surface area contributed by atoms with E-state index in [1.807, 2.05) is 0 Å². The first kappa shape index (κ1) is 20.3. The Bertz CT molecular complexity index is 615. The molecular weight excluding hydrogens is 336 g/mol. The van der Waals surface area contributed by atoms with Gasteiger partial charge in [0, 0.05) is 51.1 Å². The lowest BCUT2D eigenvalue weighted by atomic mass is 9.93. The first-order valence-electron chi connectivity index (χ1n) is 10.4. The van der Waals surface area contributed by atoms with Gasteiger partial charge in [-0.05, 0) is 53.1 Å². The monoisotopic (exact) mass is 372 g/mol. The predicted molar refractivity (Wildman–Crippen MR) is 111 cm³/mol. The number of benzene rings is 1. The quantitative estimate of drug-likeness (QED) is 0.789. The van der Waals surface area contributed by atoms with Crippen LogP contribution in [-0.2, 0) is 4.79 Å². The lowest BCUT2D eigenvalue weighted by Gasteiger charge is -2.25. The molecule has 0 unspecified atom stereocenters. The van der Waals surface area contributed by atoms with Crippen LogP contribution >= 0.6 is 0 Å². The minimum atomic E-state index is 0.314. The van der Waals surface area contributed by atoms with Crippen LogP contribution in [0.25, 0.3) is 0 Å². The highest BCUT2D eigenvalue weighted by Gasteiger charge is 2.37. The third kappa shape index (κ3) is 5.31. The zero-order valence-electron chi connectivity index (χ0n) is 17.5. The van der Waals surface area contributed by atoms with Gasteiger partial charge in [-0.3, -0.25) is 4.79 Å². The molecule has 0 spiro atoms. The standard InChI is InChI=1S/C22H36N4O/c1-18-6-8-19(9-7-18)20-16-26(17-21(20)23(2)3)22(27)10-13-25-12-5-11-24(4)14-15-25/h6-9,20-21H,5,10-17H2,1-4H3/t20-,21+/m0/s1. The van der Waals surface area contributed by atoms with Gasteiger partial charge in [0.2, 0.25) is 5.91 Å². The summed E-state index contributed by atoms with van der Waals surface area (Å²) in [6.07, 6.45) is 1.84. The van der Waals surface area contributed by atoms with Gasteiger partial charge >= 0.3 is 0 Å². The van der Waals surface area contributed by atoms with Gasteiger partial charge < -0.3 is 19.6 Å². The second-order valence-electron chi connectivity index (χ2n) is 8.60. The van der Waals surface area contributed by atoms with E-state index in [2.05, 4.69) is 71.9 Å². The predicted octanol–water partition coefficient (Wildman–Crippen LogP) is 1.88. The van der Waals surface area contributed by atoms with Crippen molar-refractivity contribution >= 4 is 5.91 Å². The maximum atomic E-state index is 12.9. The van der Waals surface area contributed by atoms with Crippen molar-refractivity contribution in [1.82, 2.24) is 19.6 Å². The number of hydrogen-bond acceptors (Lipinski definition) is 4. The lowest BCUT2D eigenvalue weighted by molar-refractivity contribution is -0.130. The highest BCUT2D eigenvalue weighted by atomic mass is 16.2. The Labute approximate surface area is 164 Å². The molecule has 150 valence electrons. The van der Waals surface area contributed by atoms with Crippen LogP contribution in [0.5, 0.6) is 0 Å². The van der Waals surface area contributed by atoms with E-state index < -0.39 is 0 Å². The van der Waals surface area contributed by atoms with Gasteiger partial charge in [0.15, 0.2) is 0 Å². The normalized spacial score (nSPS) is 25.1. The molecule has 1 amide bonds. The number of amides is 1. The summed E-state index contributed by atoms with van der Waals surface area (Å²) in [4.78, 5) is 22.1. The molecular formula is C22H36N4O. The van der Waals surface area contributed by atoms with Crippen molar-refractivity contribution in [2.75, 3.05) is 67.0 Å². The Morgan fingerprint density at radius 2 is 1.81 bits per heavy atom. The van der Waals surface area contributed by atoms with Crippen molar-refractivity contribution in [3.05, 3.63) is 35.4 Å². The SMILES string of the molecule is Cc1ccc([C@@H]2CN(C(=O)CCN3CCCN(C)CC3)C[C@H]2N(C)C)cc1. The van der Waals surface area contributed by atoms with Crippen LogP contribution in [0, 0.1) is 6.92 Å². The topological polar surface area (TPSA) is 30.0 Å². The van der Waals surface area contributed by atoms with Gasteiger partial charge in [0.25, 0.3) is 0 Å². The molecule has 1 aromatic rings. The van der Waals surface area contributed by atoms with E-state index in [0.717, 1.165) is 39.3 Å². The molecule has 1 aromatic carbocycles. The molecule has 0 N–H and O–H groups in total. The van der Waals surface area contributed by atoms with Crippen molar-refractivity contribution in [2.45, 2.75) is 31.7 Å². The maximum Gasteiger partial charge on any atom is 0.223 e. The fourth-order valence-corrected chi connectivity index (χ4v) is 4.39. The molecule has 3 rings (SSSR count). The molecule has 5 heteroatoms. The zero-order valence-corrected chi connectivity index (χ0v) is 17.5. The average Bonchev–Trinajstić information content (AvgIpc) is 2.99. The van der Waals surface area contributed by atoms with Crippen LogP contribution in [0.2, 0.25) is 0 Å². The molecule has 0 aliphatic carbocycles. The number of rotatable bonds is 5. The van der Waals surface area contributed by atoms with E-state index in [1.54, 1.807) is 0 Å².